The smallest absolute Gasteiger partial charge is 0.0437 e. The molecule has 4 heteroatoms. The van der Waals surface area contributed by atoms with Crippen molar-refractivity contribution in [2.45, 2.75) is 13.8 Å². The molecule has 0 N–H and O–H groups in total. The molecule has 0 aliphatic rings. The van der Waals surface area contributed by atoms with Crippen LogP contribution in [0.2, 0.25) is 0 Å². The summed E-state index contributed by atoms with van der Waals surface area (Å²) in [7, 11) is 0. The first-order valence-electron chi connectivity index (χ1n) is 6.39. The number of hydrogen-bond donors (Lipinski definition) is 0. The van der Waals surface area contributed by atoms with Crippen molar-refractivity contribution in [3.63, 3.8) is 0 Å². The van der Waals surface area contributed by atoms with Crippen LogP contribution in [0.3, 0.4) is 0 Å². The Morgan fingerprint density at radius 1 is 0.714 bits per heavy atom. The van der Waals surface area contributed by atoms with Gasteiger partial charge in [0, 0.05) is 39.4 Å². The maximum absolute atomic E-state index is 4.83. The Kier molecular flexibility index (Phi) is 21.7. The van der Waals surface area contributed by atoms with Gasteiger partial charge in [0.15, 0.2) is 0 Å². The van der Waals surface area contributed by atoms with Crippen molar-refractivity contribution in [1.29, 1.82) is 0 Å². The van der Waals surface area contributed by atoms with Crippen molar-refractivity contribution in [1.82, 2.24) is 0 Å². The van der Waals surface area contributed by atoms with E-state index in [4.69, 9.17) is 4.74 Å². The van der Waals surface area contributed by atoms with E-state index >= 15 is 0 Å². The number of halogens is 2. The summed E-state index contributed by atoms with van der Waals surface area (Å²) in [4.78, 5) is 0. The first-order valence-corrected chi connectivity index (χ1v) is 6.39. The van der Waals surface area contributed by atoms with Gasteiger partial charge >= 0.3 is 0 Å². The summed E-state index contributed by atoms with van der Waals surface area (Å²) in [5, 5.41) is 0. The Labute approximate surface area is 160 Å². The Hall–Kier alpha value is -0.267. The summed E-state index contributed by atoms with van der Waals surface area (Å²) in [5.74, 6) is 0. The third-order valence-corrected chi connectivity index (χ3v) is 2.34. The second-order valence-corrected chi connectivity index (χ2v) is 3.75. The molecule has 0 saturated heterocycles. The zero-order valence-corrected chi connectivity index (χ0v) is 16.6. The van der Waals surface area contributed by atoms with Crippen molar-refractivity contribution >= 4 is 24.8 Å². The molecule has 0 heterocycles. The molecule has 0 atom stereocenters. The van der Waals surface area contributed by atoms with Gasteiger partial charge in [-0.25, -0.2) is 0 Å². The van der Waals surface area contributed by atoms with Crippen LogP contribution < -0.4 is 0 Å². The molecule has 0 aliphatic carbocycles. The Bertz CT molecular complexity index is 370. The van der Waals surface area contributed by atoms with Gasteiger partial charge in [0.05, 0.1) is 0 Å². The van der Waals surface area contributed by atoms with Gasteiger partial charge in [-0.2, -0.15) is 0 Å². The van der Waals surface area contributed by atoms with Crippen LogP contribution in [0.4, 0.5) is 0 Å². The van der Waals surface area contributed by atoms with Gasteiger partial charge in [-0.3, -0.25) is 0 Å². The predicted molar refractivity (Wildman–Crippen MR) is 92.1 cm³/mol. The average molecular weight is 406 g/mol. The fraction of sp³-hybridized carbons (Fsp3) is 0.235. The molecule has 0 aromatic heterocycles. The van der Waals surface area contributed by atoms with Crippen LogP contribution in [0, 0.1) is 6.42 Å². The van der Waals surface area contributed by atoms with Crippen molar-refractivity contribution in [3.8, 4) is 0 Å². The SMILES string of the molecule is CCOCC.Cl.Cl.[Zr].c1ccc([CH-]c2ccccc2)cc1. The molecule has 0 saturated carbocycles. The van der Waals surface area contributed by atoms with E-state index in [1.807, 2.05) is 26.0 Å². The van der Waals surface area contributed by atoms with Crippen LogP contribution in [0.5, 0.6) is 0 Å². The molecule has 0 bridgehead atoms. The monoisotopic (exact) mass is 403 g/mol. The summed E-state index contributed by atoms with van der Waals surface area (Å²) in [6.45, 7) is 5.67. The summed E-state index contributed by atoms with van der Waals surface area (Å²) in [5.41, 5.74) is 2.49. The number of hydrogen-bond acceptors (Lipinski definition) is 1. The Morgan fingerprint density at radius 2 is 1.05 bits per heavy atom. The topological polar surface area (TPSA) is 9.23 Å². The molecule has 0 fully saturated rings. The molecular weight excluding hydrogens is 382 g/mol. The molecule has 1 nitrogen and oxygen atoms in total. The summed E-state index contributed by atoms with van der Waals surface area (Å²) >= 11 is 0. The molecule has 21 heavy (non-hydrogen) atoms. The van der Waals surface area contributed by atoms with Crippen LogP contribution >= 0.6 is 24.8 Å². The molecule has 0 radical (unpaired) electrons. The van der Waals surface area contributed by atoms with Gasteiger partial charge in [0.2, 0.25) is 0 Å². The molecule has 0 amide bonds. The molecule has 2 aromatic rings. The third kappa shape index (κ3) is 13.1. The molecule has 2 aromatic carbocycles. The molecular formula is C17H23Cl2OZr-. The van der Waals surface area contributed by atoms with Crippen LogP contribution in [0.15, 0.2) is 60.7 Å². The van der Waals surface area contributed by atoms with Gasteiger partial charge in [0.1, 0.15) is 0 Å². The summed E-state index contributed by atoms with van der Waals surface area (Å²) < 4.78 is 4.83. The van der Waals surface area contributed by atoms with Gasteiger partial charge in [-0.15, -0.1) is 66.6 Å². The fourth-order valence-electron chi connectivity index (χ4n) is 1.50. The van der Waals surface area contributed by atoms with E-state index in [-0.39, 0.29) is 51.0 Å². The van der Waals surface area contributed by atoms with Crippen molar-refractivity contribution in [2.75, 3.05) is 13.2 Å². The number of rotatable bonds is 4. The second-order valence-electron chi connectivity index (χ2n) is 3.75. The largest absolute Gasteiger partial charge is 0.382 e. The van der Waals surface area contributed by atoms with Crippen LogP contribution in [-0.2, 0) is 30.9 Å². The van der Waals surface area contributed by atoms with E-state index in [2.05, 4.69) is 55.0 Å². The first kappa shape index (κ1) is 25.7. The van der Waals surface area contributed by atoms with Crippen LogP contribution in [0.25, 0.3) is 0 Å². The quantitative estimate of drug-likeness (QED) is 0.638. The summed E-state index contributed by atoms with van der Waals surface area (Å²) in [6.07, 6.45) is 2.17. The normalized spacial score (nSPS) is 7.90. The average Bonchev–Trinajstić information content (AvgIpc) is 2.43. The van der Waals surface area contributed by atoms with E-state index in [0.29, 0.717) is 0 Å². The first-order chi connectivity index (χ1) is 8.86. The Balaban J connectivity index is -0.000000360. The van der Waals surface area contributed by atoms with Gasteiger partial charge in [0.25, 0.3) is 0 Å². The zero-order chi connectivity index (χ0) is 13.1. The van der Waals surface area contributed by atoms with Gasteiger partial charge in [-0.1, -0.05) is 36.4 Å². The Morgan fingerprint density at radius 3 is 1.29 bits per heavy atom. The number of benzene rings is 2. The maximum atomic E-state index is 4.83. The molecule has 0 unspecified atom stereocenters. The molecule has 0 aliphatic heterocycles. The second kappa shape index (κ2) is 17.8. The molecule has 116 valence electrons. The molecule has 0 spiro atoms. The van der Waals surface area contributed by atoms with E-state index in [1.54, 1.807) is 0 Å². The van der Waals surface area contributed by atoms with Crippen molar-refractivity contribution in [2.24, 2.45) is 0 Å². The van der Waals surface area contributed by atoms with E-state index < -0.39 is 0 Å². The minimum Gasteiger partial charge on any atom is -0.382 e. The minimum atomic E-state index is 0. The van der Waals surface area contributed by atoms with E-state index in [9.17, 15) is 0 Å². The maximum Gasteiger partial charge on any atom is 0.0437 e. The number of ether oxygens (including phenoxy) is 1. The van der Waals surface area contributed by atoms with Crippen molar-refractivity contribution < 1.29 is 30.9 Å². The van der Waals surface area contributed by atoms with Crippen molar-refractivity contribution in [3.05, 3.63) is 78.2 Å². The summed E-state index contributed by atoms with van der Waals surface area (Å²) in [6, 6.07) is 20.7. The fourth-order valence-corrected chi connectivity index (χ4v) is 1.50. The van der Waals surface area contributed by atoms with E-state index in [0.717, 1.165) is 13.2 Å². The zero-order valence-electron chi connectivity index (χ0n) is 12.5. The predicted octanol–water partition coefficient (Wildman–Crippen LogP) is 5.17. The van der Waals surface area contributed by atoms with Gasteiger partial charge < -0.3 is 4.74 Å². The third-order valence-electron chi connectivity index (χ3n) is 2.34. The van der Waals surface area contributed by atoms with Gasteiger partial charge in [-0.05, 0) is 13.8 Å². The van der Waals surface area contributed by atoms with Crippen LogP contribution in [0.1, 0.15) is 25.0 Å². The minimum absolute atomic E-state index is 0. The van der Waals surface area contributed by atoms with E-state index in [1.165, 1.54) is 11.1 Å². The van der Waals surface area contributed by atoms with Crippen LogP contribution in [-0.4, -0.2) is 13.2 Å². The standard InChI is InChI=1S/C13H11.C4H10O.2ClH.Zr/c1-3-7-12(8-4-1)11-13-9-5-2-6-10-13;1-3-5-4-2;;;/h1-11H;3-4H2,1-2H3;2*1H;/q-1;;;;. The molecule has 2 rings (SSSR count).